The summed E-state index contributed by atoms with van der Waals surface area (Å²) >= 11 is 6.02. The van der Waals surface area contributed by atoms with Gasteiger partial charge in [0.1, 0.15) is 0 Å². The van der Waals surface area contributed by atoms with Gasteiger partial charge in [-0.25, -0.2) is 18.1 Å². The third-order valence-corrected chi connectivity index (χ3v) is 5.59. The number of rotatable bonds is 9. The molecule has 0 heterocycles. The third-order valence-electron chi connectivity index (χ3n) is 4.02. The molecule has 29 heavy (non-hydrogen) atoms. The second kappa shape index (κ2) is 13.0. The molecule has 9 heteroatoms. The zero-order chi connectivity index (χ0) is 20.4. The van der Waals surface area contributed by atoms with Gasteiger partial charge in [0.2, 0.25) is 10.0 Å². The van der Waals surface area contributed by atoms with Crippen molar-refractivity contribution in [3.05, 3.63) is 70.2 Å². The molecule has 0 aliphatic carbocycles. The lowest BCUT2D eigenvalue weighted by molar-refractivity contribution is 0.587. The van der Waals surface area contributed by atoms with Crippen molar-refractivity contribution in [1.29, 1.82) is 0 Å². The molecular formula is C20H28ClIN4O2S. The van der Waals surface area contributed by atoms with Crippen molar-refractivity contribution in [2.45, 2.75) is 25.6 Å². The summed E-state index contributed by atoms with van der Waals surface area (Å²) < 4.78 is 25.8. The molecule has 2 aromatic carbocycles. The highest BCUT2D eigenvalue weighted by Gasteiger charge is 2.08. The molecule has 0 bridgehead atoms. The molecule has 0 aliphatic heterocycles. The van der Waals surface area contributed by atoms with Gasteiger partial charge in [0.15, 0.2) is 5.96 Å². The van der Waals surface area contributed by atoms with Crippen LogP contribution >= 0.6 is 35.6 Å². The average Bonchev–Trinajstić information content (AvgIpc) is 2.66. The molecule has 0 saturated carbocycles. The summed E-state index contributed by atoms with van der Waals surface area (Å²) in [5, 5.41) is 7.26. The van der Waals surface area contributed by atoms with E-state index < -0.39 is 10.0 Å². The Morgan fingerprint density at radius 1 is 1.03 bits per heavy atom. The Morgan fingerprint density at radius 3 is 2.41 bits per heavy atom. The molecular weight excluding hydrogens is 523 g/mol. The lowest BCUT2D eigenvalue weighted by atomic mass is 10.1. The molecule has 0 aromatic heterocycles. The number of nitrogens with zero attached hydrogens (tertiary/aromatic N) is 1. The maximum absolute atomic E-state index is 11.7. The van der Waals surface area contributed by atoms with E-state index in [4.69, 9.17) is 11.6 Å². The fourth-order valence-electron chi connectivity index (χ4n) is 2.64. The van der Waals surface area contributed by atoms with E-state index in [0.717, 1.165) is 47.2 Å². The maximum atomic E-state index is 11.7. The first-order valence-corrected chi connectivity index (χ1v) is 11.2. The fourth-order valence-corrected chi connectivity index (χ4v) is 3.61. The predicted molar refractivity (Wildman–Crippen MR) is 132 cm³/mol. The van der Waals surface area contributed by atoms with Crippen LogP contribution in [0, 0.1) is 0 Å². The Labute approximate surface area is 195 Å². The van der Waals surface area contributed by atoms with Crippen LogP contribution in [-0.4, -0.2) is 34.5 Å². The summed E-state index contributed by atoms with van der Waals surface area (Å²) in [6.45, 7) is 3.95. The van der Waals surface area contributed by atoms with Crippen LogP contribution in [0.1, 0.15) is 23.6 Å². The quantitative estimate of drug-likeness (QED) is 0.254. The zero-order valence-corrected chi connectivity index (χ0v) is 20.5. The first kappa shape index (κ1) is 25.7. The highest BCUT2D eigenvalue weighted by molar-refractivity contribution is 14.0. The topological polar surface area (TPSA) is 82.6 Å². The van der Waals surface area contributed by atoms with Crippen LogP contribution in [-0.2, 0) is 28.7 Å². The largest absolute Gasteiger partial charge is 0.357 e. The summed E-state index contributed by atoms with van der Waals surface area (Å²) in [5.41, 5.74) is 2.85. The SMILES string of the molecule is CCNC(=NCc1cccc(CS(=O)(=O)NC)c1)NCCc1cccc(Cl)c1.I. The fraction of sp³-hybridized carbons (Fsp3) is 0.350. The molecule has 0 atom stereocenters. The van der Waals surface area contributed by atoms with Gasteiger partial charge in [0.05, 0.1) is 12.3 Å². The lowest BCUT2D eigenvalue weighted by Gasteiger charge is -2.12. The van der Waals surface area contributed by atoms with Crippen LogP contribution in [0.15, 0.2) is 53.5 Å². The van der Waals surface area contributed by atoms with E-state index in [-0.39, 0.29) is 29.7 Å². The molecule has 0 radical (unpaired) electrons. The maximum Gasteiger partial charge on any atom is 0.215 e. The molecule has 0 fully saturated rings. The Kier molecular flexibility index (Phi) is 11.6. The molecule has 0 aliphatic rings. The van der Waals surface area contributed by atoms with Gasteiger partial charge >= 0.3 is 0 Å². The molecule has 3 N–H and O–H groups in total. The normalized spacial score (nSPS) is 11.6. The average molecular weight is 551 g/mol. The number of aliphatic imine (C=N–C) groups is 1. The second-order valence-corrected chi connectivity index (χ2v) is 8.65. The number of nitrogens with one attached hydrogen (secondary N) is 3. The van der Waals surface area contributed by atoms with Crippen molar-refractivity contribution in [2.24, 2.45) is 4.99 Å². The van der Waals surface area contributed by atoms with Crippen molar-refractivity contribution in [3.63, 3.8) is 0 Å². The zero-order valence-electron chi connectivity index (χ0n) is 16.6. The van der Waals surface area contributed by atoms with Crippen molar-refractivity contribution < 1.29 is 8.42 Å². The minimum absolute atomic E-state index is 0. The van der Waals surface area contributed by atoms with Gasteiger partial charge in [0.25, 0.3) is 0 Å². The second-order valence-electron chi connectivity index (χ2n) is 6.29. The van der Waals surface area contributed by atoms with E-state index in [9.17, 15) is 8.42 Å². The van der Waals surface area contributed by atoms with Gasteiger partial charge in [-0.05, 0) is 49.2 Å². The first-order valence-electron chi connectivity index (χ1n) is 9.17. The molecule has 0 spiro atoms. The van der Waals surface area contributed by atoms with E-state index >= 15 is 0 Å². The van der Waals surface area contributed by atoms with Crippen molar-refractivity contribution in [2.75, 3.05) is 20.1 Å². The van der Waals surface area contributed by atoms with E-state index in [0.29, 0.717) is 6.54 Å². The van der Waals surface area contributed by atoms with E-state index in [1.165, 1.54) is 7.05 Å². The van der Waals surface area contributed by atoms with Crippen LogP contribution in [0.5, 0.6) is 0 Å². The molecule has 160 valence electrons. The molecule has 6 nitrogen and oxygen atoms in total. The first-order chi connectivity index (χ1) is 13.4. The van der Waals surface area contributed by atoms with E-state index in [1.54, 1.807) is 6.07 Å². The smallest absolute Gasteiger partial charge is 0.215 e. The number of guanidine groups is 1. The van der Waals surface area contributed by atoms with Crippen molar-refractivity contribution in [1.82, 2.24) is 15.4 Å². The molecule has 0 unspecified atom stereocenters. The highest BCUT2D eigenvalue weighted by atomic mass is 127. The summed E-state index contributed by atoms with van der Waals surface area (Å²) in [6, 6.07) is 15.3. The summed E-state index contributed by atoms with van der Waals surface area (Å²) in [7, 11) is -1.87. The monoisotopic (exact) mass is 550 g/mol. The number of hydrogen-bond acceptors (Lipinski definition) is 3. The molecule has 2 aromatic rings. The van der Waals surface area contributed by atoms with Crippen LogP contribution in [0.4, 0.5) is 0 Å². The minimum Gasteiger partial charge on any atom is -0.357 e. The number of halogens is 2. The third kappa shape index (κ3) is 9.79. The van der Waals surface area contributed by atoms with Crippen molar-refractivity contribution >= 4 is 51.6 Å². The van der Waals surface area contributed by atoms with E-state index in [1.807, 2.05) is 49.4 Å². The van der Waals surface area contributed by atoms with E-state index in [2.05, 4.69) is 20.3 Å². The van der Waals surface area contributed by atoms with Crippen LogP contribution in [0.25, 0.3) is 0 Å². The Bertz CT molecular complexity index is 907. The summed E-state index contributed by atoms with van der Waals surface area (Å²) in [4.78, 5) is 4.59. The van der Waals surface area contributed by atoms with Gasteiger partial charge in [0, 0.05) is 18.1 Å². The van der Waals surface area contributed by atoms with Gasteiger partial charge in [-0.3, -0.25) is 0 Å². The minimum atomic E-state index is -3.29. The van der Waals surface area contributed by atoms with Crippen LogP contribution in [0.3, 0.4) is 0 Å². The number of sulfonamides is 1. The number of benzene rings is 2. The Hall–Kier alpha value is -1.36. The van der Waals surface area contributed by atoms with Gasteiger partial charge in [-0.2, -0.15) is 0 Å². The summed E-state index contributed by atoms with van der Waals surface area (Å²) in [6.07, 6.45) is 0.836. The molecule has 2 rings (SSSR count). The predicted octanol–water partition coefficient (Wildman–Crippen LogP) is 3.31. The number of hydrogen-bond donors (Lipinski definition) is 3. The molecule has 0 saturated heterocycles. The van der Waals surface area contributed by atoms with Crippen LogP contribution < -0.4 is 15.4 Å². The standard InChI is InChI=1S/C20H27ClN4O2S.HI/c1-3-23-20(24-11-10-16-6-5-9-19(21)13-16)25-14-17-7-4-8-18(12-17)15-28(26,27)22-2;/h4-9,12-13,22H,3,10-11,14-15H2,1-2H3,(H2,23,24,25);1H. The van der Waals surface area contributed by atoms with Crippen molar-refractivity contribution in [3.8, 4) is 0 Å². The highest BCUT2D eigenvalue weighted by Crippen LogP contribution is 2.11. The van der Waals surface area contributed by atoms with Crippen LogP contribution in [0.2, 0.25) is 5.02 Å². The summed E-state index contributed by atoms with van der Waals surface area (Å²) in [5.74, 6) is 0.678. The molecule has 0 amide bonds. The van der Waals surface area contributed by atoms with Gasteiger partial charge in [-0.1, -0.05) is 48.0 Å². The Balaban J connectivity index is 0.00000420. The Morgan fingerprint density at radius 2 is 1.72 bits per heavy atom. The lowest BCUT2D eigenvalue weighted by Crippen LogP contribution is -2.38. The van der Waals surface area contributed by atoms with Gasteiger partial charge in [-0.15, -0.1) is 24.0 Å². The van der Waals surface area contributed by atoms with Gasteiger partial charge < -0.3 is 10.6 Å².